The average Bonchev–Trinajstić information content (AvgIpc) is 3.57. The molecule has 0 aliphatic heterocycles. The number of carbonyl (C=O) groups excluding carboxylic acids is 1. The number of nitrogens with one attached hydrogen (secondary N) is 3. The first-order valence-corrected chi connectivity index (χ1v) is 10.4. The maximum Gasteiger partial charge on any atom is 0.268 e. The molecule has 160 valence electrons. The zero-order valence-corrected chi connectivity index (χ0v) is 18.0. The summed E-state index contributed by atoms with van der Waals surface area (Å²) in [4.78, 5) is 21.4. The van der Waals surface area contributed by atoms with Gasteiger partial charge in [0.15, 0.2) is 17.3 Å². The van der Waals surface area contributed by atoms with Gasteiger partial charge < -0.3 is 19.8 Å². The molecule has 0 saturated carbocycles. The smallest absolute Gasteiger partial charge is 0.268 e. The molecule has 0 aliphatic carbocycles. The summed E-state index contributed by atoms with van der Waals surface area (Å²) < 4.78 is 14.9. The third-order valence-electron chi connectivity index (χ3n) is 4.97. The zero-order valence-electron chi connectivity index (χ0n) is 17.2. The van der Waals surface area contributed by atoms with Gasteiger partial charge >= 0.3 is 0 Å². The number of rotatable bonds is 6. The summed E-state index contributed by atoms with van der Waals surface area (Å²) in [5, 5.41) is 9.91. The van der Waals surface area contributed by atoms with E-state index in [1.807, 2.05) is 36.4 Å². The van der Waals surface area contributed by atoms with Gasteiger partial charge in [-0.15, -0.1) is 0 Å². The Bertz CT molecular complexity index is 1360. The highest BCUT2D eigenvalue weighted by molar-refractivity contribution is 7.08. The second kappa shape index (κ2) is 8.16. The van der Waals surface area contributed by atoms with Crippen molar-refractivity contribution in [1.82, 2.24) is 24.5 Å². The van der Waals surface area contributed by atoms with Crippen molar-refractivity contribution in [2.75, 3.05) is 19.5 Å². The number of benzene rings is 2. The molecule has 0 fully saturated rings. The fourth-order valence-corrected chi connectivity index (χ4v) is 4.09. The number of aromatic amines is 2. The van der Waals surface area contributed by atoms with Gasteiger partial charge in [0.25, 0.3) is 5.91 Å². The minimum Gasteiger partial charge on any atom is -0.493 e. The molecule has 0 bridgehead atoms. The van der Waals surface area contributed by atoms with E-state index in [1.54, 1.807) is 32.7 Å². The maximum absolute atomic E-state index is 13.0. The van der Waals surface area contributed by atoms with Crippen molar-refractivity contribution in [2.45, 2.75) is 0 Å². The topological polar surface area (TPSA) is 118 Å². The van der Waals surface area contributed by atoms with Crippen LogP contribution in [0.4, 0.5) is 5.69 Å². The van der Waals surface area contributed by atoms with Crippen LogP contribution in [-0.2, 0) is 0 Å². The second-order valence-electron chi connectivity index (χ2n) is 6.86. The summed E-state index contributed by atoms with van der Waals surface area (Å²) in [5.41, 5.74) is 4.22. The van der Waals surface area contributed by atoms with E-state index in [4.69, 9.17) is 9.47 Å². The average molecular weight is 446 g/mol. The van der Waals surface area contributed by atoms with Crippen molar-refractivity contribution < 1.29 is 14.3 Å². The normalized spacial score (nSPS) is 10.9. The van der Waals surface area contributed by atoms with E-state index in [-0.39, 0.29) is 5.91 Å². The number of fused-ring (bicyclic) bond motifs is 1. The molecule has 3 N–H and O–H groups in total. The monoisotopic (exact) mass is 446 g/mol. The van der Waals surface area contributed by atoms with E-state index in [0.29, 0.717) is 39.1 Å². The molecule has 0 atom stereocenters. The van der Waals surface area contributed by atoms with E-state index in [1.165, 1.54) is 0 Å². The molecule has 10 heteroatoms. The van der Waals surface area contributed by atoms with Crippen LogP contribution in [0.1, 0.15) is 9.67 Å². The van der Waals surface area contributed by atoms with Crippen LogP contribution in [0.5, 0.6) is 11.5 Å². The number of hydrogen-bond donors (Lipinski definition) is 3. The standard InChI is InChI=1S/C22H18N6O3S/c1-30-17-8-14-15(9-18(17)31-2)26-21(25-14)19-16(11-23-28-19)27-22(29)20-13(10-24-32-20)12-6-4-3-5-7-12/h3-11H,1-2H3,(H,23,28)(H,25,26)(H,27,29). The molecule has 0 radical (unpaired) electrons. The maximum atomic E-state index is 13.0. The molecule has 32 heavy (non-hydrogen) atoms. The predicted octanol–water partition coefficient (Wildman–Crippen LogP) is 4.35. The number of methoxy groups -OCH3 is 2. The zero-order chi connectivity index (χ0) is 22.1. The van der Waals surface area contributed by atoms with Crippen molar-refractivity contribution >= 4 is 34.2 Å². The minimum absolute atomic E-state index is 0.270. The Morgan fingerprint density at radius 1 is 1.06 bits per heavy atom. The molecular formula is C22H18N6O3S. The van der Waals surface area contributed by atoms with Crippen LogP contribution in [0, 0.1) is 0 Å². The Hall–Kier alpha value is -4.18. The number of H-pyrrole nitrogens is 2. The van der Waals surface area contributed by atoms with Crippen molar-refractivity contribution in [3.63, 3.8) is 0 Å². The number of carbonyl (C=O) groups is 1. The Labute approximate surface area is 186 Å². The predicted molar refractivity (Wildman–Crippen MR) is 122 cm³/mol. The number of imidazole rings is 1. The van der Waals surface area contributed by atoms with Gasteiger partial charge in [0.2, 0.25) is 0 Å². The molecule has 0 saturated heterocycles. The van der Waals surface area contributed by atoms with Gasteiger partial charge in [-0.1, -0.05) is 30.3 Å². The summed E-state index contributed by atoms with van der Waals surface area (Å²) in [6.07, 6.45) is 3.25. The number of aromatic nitrogens is 5. The molecule has 9 nitrogen and oxygen atoms in total. The lowest BCUT2D eigenvalue weighted by molar-refractivity contribution is 0.103. The largest absolute Gasteiger partial charge is 0.493 e. The van der Waals surface area contributed by atoms with Gasteiger partial charge in [-0.3, -0.25) is 9.89 Å². The molecule has 0 aliphatic rings. The lowest BCUT2D eigenvalue weighted by atomic mass is 10.1. The summed E-state index contributed by atoms with van der Waals surface area (Å²) in [5.74, 6) is 1.42. The number of anilines is 1. The quantitative estimate of drug-likeness (QED) is 0.357. The van der Waals surface area contributed by atoms with E-state index in [0.717, 1.165) is 28.2 Å². The van der Waals surface area contributed by atoms with E-state index < -0.39 is 0 Å². The number of nitrogens with zero attached hydrogens (tertiary/aromatic N) is 3. The van der Waals surface area contributed by atoms with Crippen molar-refractivity contribution in [2.24, 2.45) is 0 Å². The van der Waals surface area contributed by atoms with Gasteiger partial charge in [-0.25, -0.2) is 4.98 Å². The Morgan fingerprint density at radius 3 is 2.62 bits per heavy atom. The number of hydrogen-bond acceptors (Lipinski definition) is 7. The fourth-order valence-electron chi connectivity index (χ4n) is 3.42. The van der Waals surface area contributed by atoms with Crippen LogP contribution in [0.2, 0.25) is 0 Å². The Kier molecular flexibility index (Phi) is 5.04. The van der Waals surface area contributed by atoms with Crippen LogP contribution in [-0.4, -0.2) is 44.7 Å². The molecule has 0 spiro atoms. The van der Waals surface area contributed by atoms with E-state index in [2.05, 4.69) is 29.9 Å². The molecule has 3 heterocycles. The first-order chi connectivity index (χ1) is 15.7. The molecule has 0 unspecified atom stereocenters. The van der Waals surface area contributed by atoms with Crippen LogP contribution in [0.3, 0.4) is 0 Å². The van der Waals surface area contributed by atoms with E-state index in [9.17, 15) is 4.79 Å². The van der Waals surface area contributed by atoms with Gasteiger partial charge in [-0.05, 0) is 17.1 Å². The molecule has 5 rings (SSSR count). The fraction of sp³-hybridized carbons (Fsp3) is 0.0909. The summed E-state index contributed by atoms with van der Waals surface area (Å²) in [6.45, 7) is 0. The Balaban J connectivity index is 1.46. The number of ether oxygens (including phenoxy) is 2. The molecular weight excluding hydrogens is 428 g/mol. The van der Waals surface area contributed by atoms with Gasteiger partial charge in [0.05, 0.1) is 37.1 Å². The summed E-state index contributed by atoms with van der Waals surface area (Å²) in [7, 11) is 3.15. The van der Waals surface area contributed by atoms with Gasteiger partial charge in [-0.2, -0.15) is 9.47 Å². The van der Waals surface area contributed by atoms with Gasteiger partial charge in [0, 0.05) is 23.9 Å². The highest BCUT2D eigenvalue weighted by Crippen LogP contribution is 2.34. The lowest BCUT2D eigenvalue weighted by Gasteiger charge is -2.06. The summed E-state index contributed by atoms with van der Waals surface area (Å²) >= 11 is 1.14. The van der Waals surface area contributed by atoms with Crippen LogP contribution >= 0.6 is 11.5 Å². The van der Waals surface area contributed by atoms with Crippen molar-refractivity contribution in [1.29, 1.82) is 0 Å². The SMILES string of the molecule is COc1cc2nc(-c3[nH]ncc3NC(=O)c3sncc3-c3ccccc3)[nH]c2cc1OC. The van der Waals surface area contributed by atoms with Crippen molar-refractivity contribution in [3.8, 4) is 34.1 Å². The van der Waals surface area contributed by atoms with Crippen LogP contribution in [0.15, 0.2) is 54.9 Å². The molecule has 1 amide bonds. The third-order valence-corrected chi connectivity index (χ3v) is 5.77. The highest BCUT2D eigenvalue weighted by Gasteiger charge is 2.20. The summed E-state index contributed by atoms with van der Waals surface area (Å²) in [6, 6.07) is 13.3. The molecule has 5 aromatic rings. The first kappa shape index (κ1) is 19.8. The van der Waals surface area contributed by atoms with E-state index >= 15 is 0 Å². The minimum atomic E-state index is -0.270. The first-order valence-electron chi connectivity index (χ1n) is 9.65. The third kappa shape index (κ3) is 3.46. The number of amides is 1. The lowest BCUT2D eigenvalue weighted by Crippen LogP contribution is -2.11. The highest BCUT2D eigenvalue weighted by atomic mass is 32.1. The Morgan fingerprint density at radius 2 is 1.84 bits per heavy atom. The van der Waals surface area contributed by atoms with Gasteiger partial charge in [0.1, 0.15) is 10.6 Å². The van der Waals surface area contributed by atoms with Crippen LogP contribution in [0.25, 0.3) is 33.7 Å². The van der Waals surface area contributed by atoms with Crippen LogP contribution < -0.4 is 14.8 Å². The van der Waals surface area contributed by atoms with Crippen molar-refractivity contribution in [3.05, 3.63) is 59.7 Å². The molecule has 2 aromatic carbocycles. The molecule has 3 aromatic heterocycles. The second-order valence-corrected chi connectivity index (χ2v) is 7.66.